The maximum atomic E-state index is 12.1. The van der Waals surface area contributed by atoms with E-state index in [0.717, 1.165) is 25.2 Å². The smallest absolute Gasteiger partial charge is 0.245 e. The van der Waals surface area contributed by atoms with Crippen LogP contribution in [0.5, 0.6) is 0 Å². The highest BCUT2D eigenvalue weighted by atomic mass is 16.5. The number of aliphatic hydroxyl groups is 1. The van der Waals surface area contributed by atoms with Crippen molar-refractivity contribution < 1.29 is 19.4 Å². The van der Waals surface area contributed by atoms with Crippen LogP contribution in [0.4, 0.5) is 0 Å². The van der Waals surface area contributed by atoms with E-state index in [0.29, 0.717) is 19.8 Å². The Balaban J connectivity index is 1.71. The van der Waals surface area contributed by atoms with E-state index >= 15 is 0 Å². The Hall–Kier alpha value is -1.96. The number of carbonyl (C=O) groups is 2. The van der Waals surface area contributed by atoms with Crippen molar-refractivity contribution in [3.05, 3.63) is 35.9 Å². The first-order valence-electron chi connectivity index (χ1n) is 8.21. The van der Waals surface area contributed by atoms with Gasteiger partial charge in [-0.2, -0.15) is 0 Å². The second-order valence-corrected chi connectivity index (χ2v) is 5.71. The molecule has 1 aromatic rings. The largest absolute Gasteiger partial charge is 0.394 e. The van der Waals surface area contributed by atoms with Crippen LogP contribution in [0.2, 0.25) is 0 Å². The molecule has 1 heterocycles. The van der Waals surface area contributed by atoms with Crippen LogP contribution in [0, 0.1) is 0 Å². The quantitative estimate of drug-likeness (QED) is 0.576. The molecule has 1 fully saturated rings. The van der Waals surface area contributed by atoms with Gasteiger partial charge in [0.25, 0.3) is 0 Å². The van der Waals surface area contributed by atoms with E-state index in [1.54, 1.807) is 0 Å². The highest BCUT2D eigenvalue weighted by molar-refractivity contribution is 5.88. The summed E-state index contributed by atoms with van der Waals surface area (Å²) in [5, 5.41) is 14.7. The molecule has 1 saturated heterocycles. The predicted molar refractivity (Wildman–Crippen MR) is 89.4 cm³/mol. The molecule has 0 unspecified atom stereocenters. The molecule has 7 nitrogen and oxygen atoms in total. The first-order chi connectivity index (χ1) is 11.7. The van der Waals surface area contributed by atoms with Gasteiger partial charge in [0.2, 0.25) is 11.8 Å². The third-order valence-corrected chi connectivity index (χ3v) is 3.87. The van der Waals surface area contributed by atoms with E-state index in [9.17, 15) is 14.7 Å². The van der Waals surface area contributed by atoms with Gasteiger partial charge < -0.3 is 20.5 Å². The number of hydrogen-bond acceptors (Lipinski definition) is 5. The maximum Gasteiger partial charge on any atom is 0.245 e. The van der Waals surface area contributed by atoms with E-state index in [1.807, 2.05) is 30.3 Å². The van der Waals surface area contributed by atoms with Crippen molar-refractivity contribution in [1.82, 2.24) is 15.5 Å². The standard InChI is InChI=1S/C17H25N3O4/c21-13-15(19-16(22)12-14-4-2-1-3-5-14)17(23)18-6-7-20-8-10-24-11-9-20/h1-5,15,21H,6-13H2,(H,18,23)(H,19,22)/t15-/m0/s1. The van der Waals surface area contributed by atoms with Gasteiger partial charge in [-0.15, -0.1) is 0 Å². The summed E-state index contributed by atoms with van der Waals surface area (Å²) in [5.41, 5.74) is 0.861. The average molecular weight is 335 g/mol. The molecule has 2 rings (SSSR count). The van der Waals surface area contributed by atoms with Gasteiger partial charge in [-0.1, -0.05) is 30.3 Å². The molecule has 1 aliphatic heterocycles. The third-order valence-electron chi connectivity index (χ3n) is 3.87. The minimum absolute atomic E-state index is 0.179. The Morgan fingerprint density at radius 1 is 1.21 bits per heavy atom. The van der Waals surface area contributed by atoms with Gasteiger partial charge in [-0.05, 0) is 5.56 Å². The van der Waals surface area contributed by atoms with E-state index < -0.39 is 12.6 Å². The molecule has 1 aliphatic rings. The van der Waals surface area contributed by atoms with Crippen molar-refractivity contribution in [2.75, 3.05) is 46.0 Å². The number of aliphatic hydroxyl groups excluding tert-OH is 1. The summed E-state index contributed by atoms with van der Waals surface area (Å²) in [7, 11) is 0. The lowest BCUT2D eigenvalue weighted by molar-refractivity contribution is -0.129. The summed E-state index contributed by atoms with van der Waals surface area (Å²) in [4.78, 5) is 26.3. The van der Waals surface area contributed by atoms with Crippen LogP contribution >= 0.6 is 0 Å². The zero-order valence-corrected chi connectivity index (χ0v) is 13.7. The van der Waals surface area contributed by atoms with Gasteiger partial charge in [-0.25, -0.2) is 0 Å². The van der Waals surface area contributed by atoms with Gasteiger partial charge >= 0.3 is 0 Å². The van der Waals surface area contributed by atoms with E-state index in [4.69, 9.17) is 4.74 Å². The van der Waals surface area contributed by atoms with Crippen molar-refractivity contribution >= 4 is 11.8 Å². The molecule has 0 spiro atoms. The number of hydrogen-bond donors (Lipinski definition) is 3. The zero-order valence-electron chi connectivity index (χ0n) is 13.7. The maximum absolute atomic E-state index is 12.1. The number of benzene rings is 1. The topological polar surface area (TPSA) is 90.9 Å². The number of ether oxygens (including phenoxy) is 1. The lowest BCUT2D eigenvalue weighted by Gasteiger charge is -2.26. The summed E-state index contributed by atoms with van der Waals surface area (Å²) in [6.45, 7) is 3.91. The molecule has 2 amide bonds. The molecule has 0 aliphatic carbocycles. The second-order valence-electron chi connectivity index (χ2n) is 5.71. The van der Waals surface area contributed by atoms with Crippen LogP contribution in [0.15, 0.2) is 30.3 Å². The molecule has 132 valence electrons. The fourth-order valence-electron chi connectivity index (χ4n) is 2.51. The van der Waals surface area contributed by atoms with E-state index in [-0.39, 0.29) is 18.2 Å². The van der Waals surface area contributed by atoms with E-state index in [2.05, 4.69) is 15.5 Å². The fraction of sp³-hybridized carbons (Fsp3) is 0.529. The summed E-state index contributed by atoms with van der Waals surface area (Å²) in [5.74, 6) is -0.657. The lowest BCUT2D eigenvalue weighted by Crippen LogP contribution is -2.51. The van der Waals surface area contributed by atoms with Gasteiger partial charge in [0.05, 0.1) is 26.2 Å². The molecule has 0 saturated carbocycles. The highest BCUT2D eigenvalue weighted by Gasteiger charge is 2.20. The fourth-order valence-corrected chi connectivity index (χ4v) is 2.51. The van der Waals surface area contributed by atoms with Crippen molar-refractivity contribution in [2.45, 2.75) is 12.5 Å². The van der Waals surface area contributed by atoms with Gasteiger partial charge in [-0.3, -0.25) is 14.5 Å². The normalized spacial score (nSPS) is 16.4. The number of carbonyl (C=O) groups excluding carboxylic acids is 2. The van der Waals surface area contributed by atoms with Crippen LogP contribution < -0.4 is 10.6 Å². The second kappa shape index (κ2) is 10.0. The predicted octanol–water partition coefficient (Wildman–Crippen LogP) is -0.845. The van der Waals surface area contributed by atoms with Gasteiger partial charge in [0, 0.05) is 26.2 Å². The summed E-state index contributed by atoms with van der Waals surface area (Å²) >= 11 is 0. The Morgan fingerprint density at radius 3 is 2.58 bits per heavy atom. The van der Waals surface area contributed by atoms with Crippen LogP contribution in [0.25, 0.3) is 0 Å². The first kappa shape index (κ1) is 18.4. The van der Waals surface area contributed by atoms with Crippen molar-refractivity contribution in [3.8, 4) is 0 Å². The van der Waals surface area contributed by atoms with Crippen molar-refractivity contribution in [2.24, 2.45) is 0 Å². The SMILES string of the molecule is O=C(Cc1ccccc1)N[C@@H](CO)C(=O)NCCN1CCOCC1. The number of amides is 2. The van der Waals surface area contributed by atoms with Crippen LogP contribution in [0.3, 0.4) is 0 Å². The van der Waals surface area contributed by atoms with Gasteiger partial charge in [0.15, 0.2) is 0 Å². The molecule has 0 bridgehead atoms. The molecule has 7 heteroatoms. The highest BCUT2D eigenvalue weighted by Crippen LogP contribution is 2.00. The zero-order chi connectivity index (χ0) is 17.2. The van der Waals surface area contributed by atoms with Crippen molar-refractivity contribution in [3.63, 3.8) is 0 Å². The number of nitrogens with zero attached hydrogens (tertiary/aromatic N) is 1. The first-order valence-corrected chi connectivity index (χ1v) is 8.21. The molecule has 0 radical (unpaired) electrons. The third kappa shape index (κ3) is 6.27. The number of rotatable bonds is 8. The monoisotopic (exact) mass is 335 g/mol. The Bertz CT molecular complexity index is 518. The van der Waals surface area contributed by atoms with E-state index in [1.165, 1.54) is 0 Å². The van der Waals surface area contributed by atoms with Crippen LogP contribution in [0.1, 0.15) is 5.56 Å². The lowest BCUT2D eigenvalue weighted by atomic mass is 10.1. The van der Waals surface area contributed by atoms with Crippen molar-refractivity contribution in [1.29, 1.82) is 0 Å². The molecule has 1 aromatic carbocycles. The number of nitrogens with one attached hydrogen (secondary N) is 2. The minimum atomic E-state index is -0.925. The van der Waals surface area contributed by atoms with Gasteiger partial charge in [0.1, 0.15) is 6.04 Å². The average Bonchev–Trinajstić information content (AvgIpc) is 2.61. The molecule has 0 aromatic heterocycles. The number of morpholine rings is 1. The summed E-state index contributed by atoms with van der Waals surface area (Å²) in [6.07, 6.45) is 0.179. The Labute approximate surface area is 142 Å². The van der Waals surface area contributed by atoms with Crippen LogP contribution in [-0.2, 0) is 20.7 Å². The molecular formula is C17H25N3O4. The Morgan fingerprint density at radius 2 is 1.92 bits per heavy atom. The minimum Gasteiger partial charge on any atom is -0.394 e. The Kier molecular flexibility index (Phi) is 7.67. The molecule has 3 N–H and O–H groups in total. The molecule has 1 atom stereocenters. The molecule has 24 heavy (non-hydrogen) atoms. The summed E-state index contributed by atoms with van der Waals surface area (Å²) in [6, 6.07) is 8.34. The molecular weight excluding hydrogens is 310 g/mol. The summed E-state index contributed by atoms with van der Waals surface area (Å²) < 4.78 is 5.27. The van der Waals surface area contributed by atoms with Crippen LogP contribution in [-0.4, -0.2) is 73.9 Å².